The van der Waals surface area contributed by atoms with E-state index in [4.69, 9.17) is 0 Å². The topological polar surface area (TPSA) is 101 Å². The summed E-state index contributed by atoms with van der Waals surface area (Å²) in [5.41, 5.74) is 1.22. The zero-order valence-corrected chi connectivity index (χ0v) is 26.7. The first-order valence-electron chi connectivity index (χ1n) is 15.7. The Balaban J connectivity index is 1.24. The molecule has 0 unspecified atom stereocenters. The molecule has 0 bridgehead atoms. The molecule has 4 aliphatic rings. The van der Waals surface area contributed by atoms with Crippen LogP contribution in [0.5, 0.6) is 0 Å². The van der Waals surface area contributed by atoms with Gasteiger partial charge in [0.1, 0.15) is 11.9 Å². The number of carbonyl (C=O) groups is 4. The summed E-state index contributed by atoms with van der Waals surface area (Å²) in [5, 5.41) is 0. The smallest absolute Gasteiger partial charge is 0.360 e. The number of alkyl halides is 3. The number of carbonyl (C=O) groups excluding carboxylic acids is 4. The van der Waals surface area contributed by atoms with E-state index >= 15 is 0 Å². The van der Waals surface area contributed by atoms with Crippen molar-refractivity contribution in [3.63, 3.8) is 0 Å². The van der Waals surface area contributed by atoms with Crippen LogP contribution in [0, 0.1) is 19.8 Å². The molecule has 3 fully saturated rings. The molecule has 250 valence electrons. The van der Waals surface area contributed by atoms with Gasteiger partial charge in [-0.15, -0.1) is 0 Å². The molecule has 0 N–H and O–H groups in total. The average Bonchev–Trinajstić information content (AvgIpc) is 3.33. The highest BCUT2D eigenvalue weighted by atomic mass is 19.4. The molecule has 0 radical (unpaired) electrons. The van der Waals surface area contributed by atoms with E-state index in [0.717, 1.165) is 22.6 Å². The first-order chi connectivity index (χ1) is 22.3. The van der Waals surface area contributed by atoms with Gasteiger partial charge in [0.2, 0.25) is 23.6 Å². The Morgan fingerprint density at radius 2 is 1.72 bits per heavy atom. The number of para-hydroxylation sites is 1. The van der Waals surface area contributed by atoms with Crippen LogP contribution in [0.1, 0.15) is 23.2 Å². The van der Waals surface area contributed by atoms with E-state index in [1.807, 2.05) is 22.8 Å². The van der Waals surface area contributed by atoms with Crippen LogP contribution in [0.15, 0.2) is 43.0 Å². The van der Waals surface area contributed by atoms with Crippen LogP contribution in [0.25, 0.3) is 0 Å². The van der Waals surface area contributed by atoms with Gasteiger partial charge in [-0.2, -0.15) is 13.2 Å². The fraction of sp³-hybridized carbons (Fsp3) is 0.485. The second kappa shape index (κ2) is 12.3. The van der Waals surface area contributed by atoms with E-state index in [2.05, 4.69) is 16.5 Å². The number of anilines is 3. The standard InChI is InChI=1S/C33H38F3N7O4/c1-5-27(44)41-17-24(18-41)39-9-11-40(12-10-39)29(46)19-42-16-22-14-28(45)43(26-15-23(33(34,35)36)13-21(3)37-26)31(22)32(47)38(4)25-8-6-7-20(2)30(25)42/h5-8,13,15,22,24,31H,1,9-12,14,16-19H2,2-4H3/t22-,31+/m1/s1. The van der Waals surface area contributed by atoms with Crippen molar-refractivity contribution < 1.29 is 32.3 Å². The van der Waals surface area contributed by atoms with Crippen molar-refractivity contribution in [2.24, 2.45) is 5.92 Å². The summed E-state index contributed by atoms with van der Waals surface area (Å²) >= 11 is 0. The number of nitrogens with zero attached hydrogens (tertiary/aromatic N) is 7. The van der Waals surface area contributed by atoms with Crippen LogP contribution in [0.2, 0.25) is 0 Å². The predicted molar refractivity (Wildman–Crippen MR) is 169 cm³/mol. The number of hydrogen-bond acceptors (Lipinski definition) is 7. The summed E-state index contributed by atoms with van der Waals surface area (Å²) in [7, 11) is 1.58. The van der Waals surface area contributed by atoms with Crippen LogP contribution >= 0.6 is 0 Å². The quantitative estimate of drug-likeness (QED) is 0.458. The van der Waals surface area contributed by atoms with Crippen molar-refractivity contribution in [1.29, 1.82) is 0 Å². The lowest BCUT2D eigenvalue weighted by atomic mass is 9.95. The van der Waals surface area contributed by atoms with E-state index in [-0.39, 0.29) is 48.9 Å². The number of rotatable bonds is 5. The number of piperazine rings is 1. The number of likely N-dealkylation sites (tertiary alicyclic amines) is 1. The lowest BCUT2D eigenvalue weighted by Crippen LogP contribution is -2.64. The Bertz CT molecular complexity index is 1620. The number of halogens is 3. The Morgan fingerprint density at radius 3 is 2.38 bits per heavy atom. The van der Waals surface area contributed by atoms with Gasteiger partial charge in [-0.1, -0.05) is 18.7 Å². The van der Waals surface area contributed by atoms with Gasteiger partial charge in [0, 0.05) is 76.9 Å². The lowest BCUT2D eigenvalue weighted by Gasteiger charge is -2.48. The maximum absolute atomic E-state index is 14.1. The second-order valence-corrected chi connectivity index (χ2v) is 12.8. The molecule has 6 rings (SSSR count). The fourth-order valence-corrected chi connectivity index (χ4v) is 7.24. The summed E-state index contributed by atoms with van der Waals surface area (Å²) in [5.74, 6) is -1.93. The molecule has 3 saturated heterocycles. The van der Waals surface area contributed by atoms with Crippen LogP contribution in [-0.4, -0.2) is 115 Å². The van der Waals surface area contributed by atoms with E-state index in [9.17, 15) is 32.3 Å². The van der Waals surface area contributed by atoms with Crippen LogP contribution in [0.4, 0.5) is 30.4 Å². The molecule has 1 aromatic carbocycles. The zero-order chi connectivity index (χ0) is 33.8. The van der Waals surface area contributed by atoms with Gasteiger partial charge in [0.05, 0.1) is 23.5 Å². The third-order valence-electron chi connectivity index (χ3n) is 9.73. The number of fused-ring (bicyclic) bond motifs is 2. The third-order valence-corrected chi connectivity index (χ3v) is 9.73. The highest BCUT2D eigenvalue weighted by molar-refractivity contribution is 6.10. The molecule has 4 aliphatic heterocycles. The molecular weight excluding hydrogens is 615 g/mol. The molecule has 2 atom stereocenters. The second-order valence-electron chi connectivity index (χ2n) is 12.8. The molecule has 47 heavy (non-hydrogen) atoms. The number of pyridine rings is 1. The normalized spacial score (nSPS) is 22.5. The van der Waals surface area contributed by atoms with Gasteiger partial charge in [0.15, 0.2) is 0 Å². The van der Waals surface area contributed by atoms with Crippen molar-refractivity contribution in [1.82, 2.24) is 19.7 Å². The monoisotopic (exact) mass is 653 g/mol. The van der Waals surface area contributed by atoms with E-state index < -0.39 is 35.5 Å². The Labute approximate surface area is 271 Å². The summed E-state index contributed by atoms with van der Waals surface area (Å²) in [6, 6.07) is 6.34. The first-order valence-corrected chi connectivity index (χ1v) is 15.7. The lowest BCUT2D eigenvalue weighted by molar-refractivity contribution is -0.138. The van der Waals surface area contributed by atoms with Gasteiger partial charge in [0.25, 0.3) is 0 Å². The molecule has 0 spiro atoms. The van der Waals surface area contributed by atoms with Gasteiger partial charge in [-0.25, -0.2) is 4.98 Å². The molecule has 5 heterocycles. The molecule has 2 aromatic rings. The maximum atomic E-state index is 14.1. The van der Waals surface area contributed by atoms with Gasteiger partial charge >= 0.3 is 6.18 Å². The van der Waals surface area contributed by atoms with Crippen molar-refractivity contribution >= 4 is 40.8 Å². The van der Waals surface area contributed by atoms with Crippen molar-refractivity contribution in [3.8, 4) is 0 Å². The van der Waals surface area contributed by atoms with E-state index in [0.29, 0.717) is 50.6 Å². The Morgan fingerprint density at radius 1 is 1.02 bits per heavy atom. The predicted octanol–water partition coefficient (Wildman–Crippen LogP) is 2.46. The zero-order valence-electron chi connectivity index (χ0n) is 26.7. The number of amides is 4. The molecule has 1 aromatic heterocycles. The minimum atomic E-state index is -4.66. The molecular formula is C33H38F3N7O4. The molecule has 4 amide bonds. The Kier molecular flexibility index (Phi) is 8.49. The first kappa shape index (κ1) is 32.5. The van der Waals surface area contributed by atoms with Gasteiger partial charge < -0.3 is 19.6 Å². The average molecular weight is 654 g/mol. The summed E-state index contributed by atoms with van der Waals surface area (Å²) in [6.07, 6.45) is -3.43. The van der Waals surface area contributed by atoms with E-state index in [1.165, 1.54) is 17.9 Å². The van der Waals surface area contributed by atoms with Gasteiger partial charge in [-0.05, 0) is 43.7 Å². The summed E-state index contributed by atoms with van der Waals surface area (Å²) in [4.78, 5) is 67.8. The number of aryl methyl sites for hydroxylation is 2. The number of hydrogen-bond donors (Lipinski definition) is 0. The van der Waals surface area contributed by atoms with Crippen molar-refractivity contribution in [3.05, 3.63) is 59.8 Å². The maximum Gasteiger partial charge on any atom is 0.416 e. The van der Waals surface area contributed by atoms with Crippen LogP contribution in [0.3, 0.4) is 0 Å². The Hall–Kier alpha value is -4.46. The summed E-state index contributed by atoms with van der Waals surface area (Å²) < 4.78 is 41.2. The van der Waals surface area contributed by atoms with Crippen molar-refractivity contribution in [2.45, 2.75) is 38.5 Å². The van der Waals surface area contributed by atoms with Crippen molar-refractivity contribution in [2.75, 3.05) is 74.1 Å². The summed E-state index contributed by atoms with van der Waals surface area (Å²) in [6.45, 7) is 10.7. The SMILES string of the molecule is C=CC(=O)N1CC(N2CCN(C(=O)CN3C[C@H]4CC(=O)N(c5cc(C(F)(F)F)cc(C)n5)[C@@H]4C(=O)N(C)c4cccc(C)c43)CC2)C1. The third kappa shape index (κ3) is 6.06. The van der Waals surface area contributed by atoms with Gasteiger partial charge in [-0.3, -0.25) is 29.0 Å². The largest absolute Gasteiger partial charge is 0.416 e. The number of benzene rings is 1. The highest BCUT2D eigenvalue weighted by Gasteiger charge is 2.49. The number of likely N-dealkylation sites (N-methyl/N-ethyl adjacent to an activating group) is 1. The minimum Gasteiger partial charge on any atom is -0.360 e. The molecule has 0 aliphatic carbocycles. The fourth-order valence-electron chi connectivity index (χ4n) is 7.24. The van der Waals surface area contributed by atoms with Crippen LogP contribution < -0.4 is 14.7 Å². The highest BCUT2D eigenvalue weighted by Crippen LogP contribution is 2.41. The molecule has 0 saturated carbocycles. The molecule has 11 nitrogen and oxygen atoms in total. The minimum absolute atomic E-state index is 0.00323. The molecule has 14 heteroatoms. The van der Waals surface area contributed by atoms with Crippen LogP contribution in [-0.2, 0) is 25.4 Å². The number of aromatic nitrogens is 1. The van der Waals surface area contributed by atoms with E-state index in [1.54, 1.807) is 24.1 Å².